The van der Waals surface area contributed by atoms with Crippen LogP contribution in [0.5, 0.6) is 11.5 Å². The zero-order valence-corrected chi connectivity index (χ0v) is 24.3. The summed E-state index contributed by atoms with van der Waals surface area (Å²) in [5.74, 6) is 1.69. The first-order valence-corrected chi connectivity index (χ1v) is 14.9. The lowest BCUT2D eigenvalue weighted by atomic mass is 9.72. The fourth-order valence-corrected chi connectivity index (χ4v) is 6.98. The summed E-state index contributed by atoms with van der Waals surface area (Å²) < 4.78 is 12.7. The van der Waals surface area contributed by atoms with Crippen LogP contribution < -0.4 is 15.1 Å². The van der Waals surface area contributed by atoms with E-state index in [9.17, 15) is 4.79 Å². The summed E-state index contributed by atoms with van der Waals surface area (Å²) in [6.07, 6.45) is 0. The van der Waals surface area contributed by atoms with Crippen LogP contribution in [0.3, 0.4) is 0 Å². The minimum absolute atomic E-state index is 0.0156. The van der Waals surface area contributed by atoms with Gasteiger partial charge in [0.25, 0.3) is 0 Å². The molecule has 0 radical (unpaired) electrons. The average Bonchev–Trinajstić information content (AvgIpc) is 3.06. The second kappa shape index (κ2) is 8.95. The smallest absolute Gasteiger partial charge is 0.200 e. The SMILES string of the molecule is CC1(C)c2ccccc2N2c3ccccc3Oc3cc(-c4cccc(-c5ccc6oc7ccccc7c(=O)c6c5)c4)cc1c32. The number of para-hydroxylation sites is 4. The van der Waals surface area contributed by atoms with Crippen molar-refractivity contribution in [1.82, 2.24) is 0 Å². The van der Waals surface area contributed by atoms with Crippen LogP contribution in [-0.2, 0) is 5.41 Å². The van der Waals surface area contributed by atoms with Crippen molar-refractivity contribution >= 4 is 39.0 Å². The summed E-state index contributed by atoms with van der Waals surface area (Å²) in [6.45, 7) is 4.59. The van der Waals surface area contributed by atoms with Crippen LogP contribution in [-0.4, -0.2) is 0 Å². The highest BCUT2D eigenvalue weighted by Gasteiger charge is 2.41. The first-order valence-electron chi connectivity index (χ1n) is 14.9. The number of fused-ring (bicyclic) bond motifs is 6. The topological polar surface area (TPSA) is 42.7 Å². The van der Waals surface area contributed by atoms with E-state index in [0.29, 0.717) is 21.9 Å². The molecule has 0 unspecified atom stereocenters. The molecule has 2 aliphatic rings. The van der Waals surface area contributed by atoms with E-state index in [1.165, 1.54) is 16.8 Å². The van der Waals surface area contributed by atoms with E-state index < -0.39 is 0 Å². The molecule has 7 aromatic rings. The Morgan fingerprint density at radius 1 is 0.545 bits per heavy atom. The fourth-order valence-electron chi connectivity index (χ4n) is 6.98. The average molecular weight is 570 g/mol. The second-order valence-electron chi connectivity index (χ2n) is 12.1. The Hall–Kier alpha value is -5.61. The van der Waals surface area contributed by atoms with E-state index >= 15 is 0 Å². The number of rotatable bonds is 2. The van der Waals surface area contributed by atoms with Gasteiger partial charge in [0.1, 0.15) is 11.2 Å². The summed E-state index contributed by atoms with van der Waals surface area (Å²) >= 11 is 0. The van der Waals surface area contributed by atoms with Gasteiger partial charge in [0.2, 0.25) is 5.43 Å². The van der Waals surface area contributed by atoms with Crippen molar-refractivity contribution in [2.75, 3.05) is 4.90 Å². The van der Waals surface area contributed by atoms with Crippen molar-refractivity contribution in [3.8, 4) is 33.8 Å². The number of ether oxygens (including phenoxy) is 1. The van der Waals surface area contributed by atoms with Gasteiger partial charge in [0.15, 0.2) is 11.5 Å². The maximum Gasteiger partial charge on any atom is 0.200 e. The Bertz CT molecular complexity index is 2380. The molecule has 0 N–H and O–H groups in total. The highest BCUT2D eigenvalue weighted by molar-refractivity contribution is 5.95. The molecule has 4 nitrogen and oxygen atoms in total. The maximum absolute atomic E-state index is 13.4. The normalized spacial score (nSPS) is 14.1. The number of anilines is 3. The van der Waals surface area contributed by atoms with Gasteiger partial charge in [-0.05, 0) is 94.0 Å². The first kappa shape index (κ1) is 24.9. The largest absolute Gasteiger partial charge is 0.456 e. The number of hydrogen-bond donors (Lipinski definition) is 0. The molecular formula is C40H27NO3. The summed E-state index contributed by atoms with van der Waals surface area (Å²) in [4.78, 5) is 15.7. The summed E-state index contributed by atoms with van der Waals surface area (Å²) in [5.41, 5.74) is 10.9. The van der Waals surface area contributed by atoms with Gasteiger partial charge in [-0.2, -0.15) is 0 Å². The Morgan fingerprint density at radius 3 is 2.14 bits per heavy atom. The van der Waals surface area contributed by atoms with Crippen molar-refractivity contribution in [3.05, 3.63) is 149 Å². The molecule has 2 aliphatic heterocycles. The molecule has 0 spiro atoms. The monoisotopic (exact) mass is 569 g/mol. The van der Waals surface area contributed by atoms with Gasteiger partial charge in [-0.3, -0.25) is 4.79 Å². The van der Waals surface area contributed by atoms with Crippen LogP contribution in [0.1, 0.15) is 25.0 Å². The van der Waals surface area contributed by atoms with E-state index in [0.717, 1.165) is 45.1 Å². The van der Waals surface area contributed by atoms with Crippen LogP contribution in [0.25, 0.3) is 44.2 Å². The van der Waals surface area contributed by atoms with Crippen molar-refractivity contribution in [2.24, 2.45) is 0 Å². The lowest BCUT2D eigenvalue weighted by Gasteiger charge is -2.45. The summed E-state index contributed by atoms with van der Waals surface area (Å²) in [7, 11) is 0. The molecule has 0 aliphatic carbocycles. The third kappa shape index (κ3) is 3.48. The summed E-state index contributed by atoms with van der Waals surface area (Å²) in [5, 5.41) is 1.17. The standard InChI is InChI=1S/C40H27NO3/c1-40(2)30-13-4-5-14-32(30)41-33-15-6-8-17-36(33)44-37-23-27(22-31(40)38(37)41)25-11-9-10-24(20-25)26-18-19-35-29(21-26)39(42)28-12-3-7-16-34(28)43-35/h3-23H,1-2H3. The Labute approximate surface area is 254 Å². The Balaban J connectivity index is 1.21. The molecule has 0 atom stereocenters. The fraction of sp³-hybridized carbons (Fsp3) is 0.0750. The van der Waals surface area contributed by atoms with Gasteiger partial charge in [0, 0.05) is 5.41 Å². The molecule has 0 saturated heterocycles. The molecule has 0 bridgehead atoms. The molecular weight excluding hydrogens is 542 g/mol. The predicted molar refractivity (Wildman–Crippen MR) is 178 cm³/mol. The predicted octanol–water partition coefficient (Wildman–Crippen LogP) is 10.5. The molecule has 0 amide bonds. The molecule has 0 fully saturated rings. The van der Waals surface area contributed by atoms with Gasteiger partial charge >= 0.3 is 0 Å². The van der Waals surface area contributed by atoms with Gasteiger partial charge in [-0.25, -0.2) is 0 Å². The molecule has 210 valence electrons. The molecule has 44 heavy (non-hydrogen) atoms. The lowest BCUT2D eigenvalue weighted by molar-refractivity contribution is 0.471. The van der Waals surface area contributed by atoms with Crippen LogP contribution in [0.15, 0.2) is 137 Å². The van der Waals surface area contributed by atoms with Gasteiger partial charge < -0.3 is 14.1 Å². The Morgan fingerprint density at radius 2 is 1.25 bits per heavy atom. The third-order valence-electron chi connectivity index (χ3n) is 9.22. The highest BCUT2D eigenvalue weighted by Crippen LogP contribution is 2.60. The van der Waals surface area contributed by atoms with E-state index in [2.05, 4.69) is 91.5 Å². The maximum atomic E-state index is 13.4. The van der Waals surface area contributed by atoms with E-state index in [4.69, 9.17) is 9.15 Å². The van der Waals surface area contributed by atoms with Crippen LogP contribution in [0.4, 0.5) is 17.1 Å². The molecule has 4 heteroatoms. The van der Waals surface area contributed by atoms with Crippen molar-refractivity contribution in [3.63, 3.8) is 0 Å². The minimum Gasteiger partial charge on any atom is -0.456 e. The van der Waals surface area contributed by atoms with Crippen LogP contribution >= 0.6 is 0 Å². The molecule has 3 heterocycles. The van der Waals surface area contributed by atoms with Crippen molar-refractivity contribution in [2.45, 2.75) is 19.3 Å². The van der Waals surface area contributed by atoms with Crippen LogP contribution in [0.2, 0.25) is 0 Å². The lowest BCUT2D eigenvalue weighted by Crippen LogP contribution is -2.32. The van der Waals surface area contributed by atoms with E-state index in [1.807, 2.05) is 54.6 Å². The second-order valence-corrected chi connectivity index (χ2v) is 12.1. The number of benzene rings is 6. The van der Waals surface area contributed by atoms with Gasteiger partial charge in [0.05, 0.1) is 27.8 Å². The quantitative estimate of drug-likeness (QED) is 0.194. The molecule has 9 rings (SSSR count). The zero-order valence-electron chi connectivity index (χ0n) is 24.3. The molecule has 1 aromatic heterocycles. The van der Waals surface area contributed by atoms with Gasteiger partial charge in [-0.15, -0.1) is 0 Å². The van der Waals surface area contributed by atoms with E-state index in [-0.39, 0.29) is 10.8 Å². The third-order valence-corrected chi connectivity index (χ3v) is 9.22. The summed E-state index contributed by atoms with van der Waals surface area (Å²) in [6, 6.07) is 43.2. The minimum atomic E-state index is -0.240. The molecule has 6 aromatic carbocycles. The first-order chi connectivity index (χ1) is 21.5. The number of hydrogen-bond acceptors (Lipinski definition) is 4. The van der Waals surface area contributed by atoms with E-state index in [1.54, 1.807) is 0 Å². The van der Waals surface area contributed by atoms with Crippen molar-refractivity contribution < 1.29 is 9.15 Å². The van der Waals surface area contributed by atoms with Crippen LogP contribution in [0, 0.1) is 0 Å². The Kier molecular flexibility index (Phi) is 5.07. The zero-order chi connectivity index (χ0) is 29.6. The number of nitrogens with zero attached hydrogens (tertiary/aromatic N) is 1. The highest BCUT2D eigenvalue weighted by atomic mass is 16.5. The molecule has 0 saturated carbocycles. The van der Waals surface area contributed by atoms with Gasteiger partial charge in [-0.1, -0.05) is 80.6 Å². The van der Waals surface area contributed by atoms with Crippen molar-refractivity contribution in [1.29, 1.82) is 0 Å².